The zero-order valence-electron chi connectivity index (χ0n) is 9.82. The van der Waals surface area contributed by atoms with Crippen molar-refractivity contribution in [2.24, 2.45) is 0 Å². The number of ether oxygens (including phenoxy) is 1. The van der Waals surface area contributed by atoms with Gasteiger partial charge in [-0.15, -0.1) is 0 Å². The zero-order chi connectivity index (χ0) is 11.5. The van der Waals surface area contributed by atoms with Gasteiger partial charge in [0.05, 0.1) is 30.9 Å². The van der Waals surface area contributed by atoms with Crippen LogP contribution in [-0.2, 0) is 0 Å². The first-order chi connectivity index (χ1) is 7.72. The van der Waals surface area contributed by atoms with Crippen LogP contribution < -0.4 is 15.0 Å². The molecule has 86 valence electrons. The highest BCUT2D eigenvalue weighted by atomic mass is 16.5. The highest BCUT2D eigenvalue weighted by molar-refractivity contribution is 5.57. The van der Waals surface area contributed by atoms with Gasteiger partial charge < -0.3 is 9.64 Å². The number of hydrogen-bond acceptors (Lipinski definition) is 5. The molecule has 0 radical (unpaired) electrons. The SMILES string of the molecule is COc1nc(C)c(N2C=CCNC2)c(C)n1. The summed E-state index contributed by atoms with van der Waals surface area (Å²) in [5.74, 6) is 0. The number of rotatable bonds is 2. The molecule has 1 N–H and O–H groups in total. The van der Waals surface area contributed by atoms with E-state index in [-0.39, 0.29) is 0 Å². The Balaban J connectivity index is 2.40. The summed E-state index contributed by atoms with van der Waals surface area (Å²) in [7, 11) is 1.58. The van der Waals surface area contributed by atoms with E-state index in [1.807, 2.05) is 13.8 Å². The lowest BCUT2D eigenvalue weighted by atomic mass is 10.2. The molecule has 1 aromatic rings. The van der Waals surface area contributed by atoms with Gasteiger partial charge in [-0.25, -0.2) is 0 Å². The Labute approximate surface area is 95.2 Å². The summed E-state index contributed by atoms with van der Waals surface area (Å²) >= 11 is 0. The largest absolute Gasteiger partial charge is 0.467 e. The summed E-state index contributed by atoms with van der Waals surface area (Å²) in [5.41, 5.74) is 2.90. The van der Waals surface area contributed by atoms with E-state index >= 15 is 0 Å². The molecule has 5 heteroatoms. The zero-order valence-corrected chi connectivity index (χ0v) is 9.82. The van der Waals surface area contributed by atoms with Crippen molar-refractivity contribution in [1.82, 2.24) is 15.3 Å². The summed E-state index contributed by atoms with van der Waals surface area (Å²) in [6.45, 7) is 5.63. The monoisotopic (exact) mass is 220 g/mol. The first kappa shape index (κ1) is 10.9. The molecule has 1 aliphatic rings. The van der Waals surface area contributed by atoms with E-state index in [0.717, 1.165) is 30.3 Å². The van der Waals surface area contributed by atoms with Crippen molar-refractivity contribution in [3.63, 3.8) is 0 Å². The molecule has 5 nitrogen and oxygen atoms in total. The molecule has 0 amide bonds. The van der Waals surface area contributed by atoms with Gasteiger partial charge in [0.1, 0.15) is 0 Å². The van der Waals surface area contributed by atoms with E-state index in [0.29, 0.717) is 6.01 Å². The maximum Gasteiger partial charge on any atom is 0.316 e. The second kappa shape index (κ2) is 4.49. The average Bonchev–Trinajstić information content (AvgIpc) is 2.29. The average molecular weight is 220 g/mol. The van der Waals surface area contributed by atoms with E-state index in [4.69, 9.17) is 4.74 Å². The van der Waals surface area contributed by atoms with Gasteiger partial charge in [-0.1, -0.05) is 6.08 Å². The summed E-state index contributed by atoms with van der Waals surface area (Å²) in [6, 6.07) is 0.424. The van der Waals surface area contributed by atoms with Crippen molar-refractivity contribution in [2.75, 3.05) is 25.2 Å². The fraction of sp³-hybridized carbons (Fsp3) is 0.455. The Morgan fingerprint density at radius 1 is 1.31 bits per heavy atom. The van der Waals surface area contributed by atoms with Crippen LogP contribution in [0, 0.1) is 13.8 Å². The van der Waals surface area contributed by atoms with Crippen LogP contribution in [0.2, 0.25) is 0 Å². The number of aryl methyl sites for hydroxylation is 2. The first-order valence-corrected chi connectivity index (χ1v) is 5.25. The van der Waals surface area contributed by atoms with Gasteiger partial charge >= 0.3 is 6.01 Å². The second-order valence-corrected chi connectivity index (χ2v) is 3.70. The van der Waals surface area contributed by atoms with Gasteiger partial charge in [-0.05, 0) is 13.8 Å². The molecule has 0 unspecified atom stereocenters. The van der Waals surface area contributed by atoms with E-state index in [9.17, 15) is 0 Å². The summed E-state index contributed by atoms with van der Waals surface area (Å²) in [5, 5.41) is 3.27. The van der Waals surface area contributed by atoms with Crippen LogP contribution in [0.15, 0.2) is 12.3 Å². The molecule has 0 aromatic carbocycles. The molecule has 16 heavy (non-hydrogen) atoms. The number of nitrogens with one attached hydrogen (secondary N) is 1. The summed E-state index contributed by atoms with van der Waals surface area (Å²) in [4.78, 5) is 10.7. The van der Waals surface area contributed by atoms with E-state index in [1.54, 1.807) is 7.11 Å². The minimum atomic E-state index is 0.424. The topological polar surface area (TPSA) is 50.3 Å². The molecular formula is C11H16N4O. The van der Waals surface area contributed by atoms with Crippen LogP contribution in [0.25, 0.3) is 0 Å². The predicted octanol–water partition coefficient (Wildman–Crippen LogP) is 0.983. The van der Waals surface area contributed by atoms with Gasteiger partial charge in [-0.2, -0.15) is 9.97 Å². The lowest BCUT2D eigenvalue weighted by Gasteiger charge is -2.26. The molecular weight excluding hydrogens is 204 g/mol. The van der Waals surface area contributed by atoms with Crippen molar-refractivity contribution in [2.45, 2.75) is 13.8 Å². The van der Waals surface area contributed by atoms with Crippen molar-refractivity contribution in [1.29, 1.82) is 0 Å². The highest BCUT2D eigenvalue weighted by Gasteiger charge is 2.15. The van der Waals surface area contributed by atoms with Crippen LogP contribution in [0.1, 0.15) is 11.4 Å². The third kappa shape index (κ3) is 1.99. The molecule has 0 fully saturated rings. The number of hydrogen-bond donors (Lipinski definition) is 1. The third-order valence-corrected chi connectivity index (χ3v) is 2.51. The van der Waals surface area contributed by atoms with E-state index in [2.05, 4.69) is 32.5 Å². The summed E-state index contributed by atoms with van der Waals surface area (Å²) < 4.78 is 5.04. The standard InChI is InChI=1S/C11H16N4O/c1-8-10(15-6-4-5-12-7-15)9(2)14-11(13-8)16-3/h4,6,12H,5,7H2,1-3H3. The smallest absolute Gasteiger partial charge is 0.316 e. The van der Waals surface area contributed by atoms with Gasteiger partial charge in [0, 0.05) is 12.7 Å². The fourth-order valence-electron chi connectivity index (χ4n) is 1.84. The van der Waals surface area contributed by atoms with Gasteiger partial charge in [0.25, 0.3) is 0 Å². The molecule has 0 atom stereocenters. The second-order valence-electron chi connectivity index (χ2n) is 3.70. The van der Waals surface area contributed by atoms with Crippen LogP contribution in [0.3, 0.4) is 0 Å². The normalized spacial score (nSPS) is 15.3. The number of methoxy groups -OCH3 is 1. The molecule has 2 rings (SSSR count). The molecule has 0 saturated carbocycles. The molecule has 0 spiro atoms. The maximum absolute atomic E-state index is 5.04. The number of nitrogens with zero attached hydrogens (tertiary/aromatic N) is 3. The molecule has 2 heterocycles. The highest BCUT2D eigenvalue weighted by Crippen LogP contribution is 2.24. The number of aromatic nitrogens is 2. The molecule has 0 bridgehead atoms. The Morgan fingerprint density at radius 2 is 2.00 bits per heavy atom. The van der Waals surface area contributed by atoms with Crippen LogP contribution >= 0.6 is 0 Å². The van der Waals surface area contributed by atoms with Gasteiger partial charge in [-0.3, -0.25) is 5.32 Å². The van der Waals surface area contributed by atoms with Crippen molar-refractivity contribution < 1.29 is 4.74 Å². The molecule has 1 aromatic heterocycles. The quantitative estimate of drug-likeness (QED) is 0.805. The Hall–Kier alpha value is -1.62. The fourth-order valence-corrected chi connectivity index (χ4v) is 1.84. The third-order valence-electron chi connectivity index (χ3n) is 2.51. The minimum Gasteiger partial charge on any atom is -0.467 e. The Kier molecular flexibility index (Phi) is 3.05. The molecule has 0 saturated heterocycles. The first-order valence-electron chi connectivity index (χ1n) is 5.25. The van der Waals surface area contributed by atoms with Gasteiger partial charge in [0.15, 0.2) is 0 Å². The predicted molar refractivity (Wildman–Crippen MR) is 62.5 cm³/mol. The number of anilines is 1. The van der Waals surface area contributed by atoms with Crippen LogP contribution in [0.5, 0.6) is 6.01 Å². The minimum absolute atomic E-state index is 0.424. The molecule has 0 aliphatic carbocycles. The van der Waals surface area contributed by atoms with Crippen molar-refractivity contribution in [3.8, 4) is 6.01 Å². The molecule has 1 aliphatic heterocycles. The van der Waals surface area contributed by atoms with Gasteiger partial charge in [0.2, 0.25) is 0 Å². The van der Waals surface area contributed by atoms with E-state index in [1.165, 1.54) is 0 Å². The van der Waals surface area contributed by atoms with E-state index < -0.39 is 0 Å². The Morgan fingerprint density at radius 3 is 2.50 bits per heavy atom. The van der Waals surface area contributed by atoms with Crippen molar-refractivity contribution in [3.05, 3.63) is 23.7 Å². The Bertz CT molecular complexity index is 393. The maximum atomic E-state index is 5.04. The van der Waals surface area contributed by atoms with Crippen LogP contribution in [0.4, 0.5) is 5.69 Å². The lowest BCUT2D eigenvalue weighted by Crippen LogP contribution is -2.35. The van der Waals surface area contributed by atoms with Crippen LogP contribution in [-0.4, -0.2) is 30.3 Å². The lowest BCUT2D eigenvalue weighted by molar-refractivity contribution is 0.377. The van der Waals surface area contributed by atoms with Crippen molar-refractivity contribution >= 4 is 5.69 Å². The summed E-state index contributed by atoms with van der Waals surface area (Å²) in [6.07, 6.45) is 4.13.